The van der Waals surface area contributed by atoms with Crippen molar-refractivity contribution in [3.8, 4) is 0 Å². The smallest absolute Gasteiger partial charge is 0.171 e. The van der Waals surface area contributed by atoms with Crippen LogP contribution in [-0.4, -0.2) is 0 Å². The third kappa shape index (κ3) is 3.49. The van der Waals surface area contributed by atoms with Gasteiger partial charge in [-0.1, -0.05) is 91.0 Å². The van der Waals surface area contributed by atoms with Crippen molar-refractivity contribution in [1.29, 1.82) is 0 Å². The van der Waals surface area contributed by atoms with Crippen LogP contribution in [0.5, 0.6) is 0 Å². The first-order chi connectivity index (χ1) is 11.7. The molecule has 0 saturated carbocycles. The predicted octanol–water partition coefficient (Wildman–Crippen LogP) is 5.22. The SMILES string of the molecule is CC(=C=CP(=O)(c1ccccc1)c1ccccc1)c1ccccc1. The lowest BCUT2D eigenvalue weighted by Gasteiger charge is -2.14. The Morgan fingerprint density at radius 2 is 1.17 bits per heavy atom. The van der Waals surface area contributed by atoms with Gasteiger partial charge in [0.05, 0.1) is 0 Å². The molecule has 2 heteroatoms. The van der Waals surface area contributed by atoms with E-state index < -0.39 is 7.14 Å². The second-order valence-corrected chi connectivity index (χ2v) is 8.20. The summed E-state index contributed by atoms with van der Waals surface area (Å²) in [5.74, 6) is 1.75. The number of benzene rings is 3. The fraction of sp³-hybridized carbons (Fsp3) is 0.0455. The summed E-state index contributed by atoms with van der Waals surface area (Å²) in [6, 6.07) is 29.3. The molecule has 3 aromatic rings. The molecule has 0 aliphatic rings. The van der Waals surface area contributed by atoms with Gasteiger partial charge in [-0.25, -0.2) is 0 Å². The lowest BCUT2D eigenvalue weighted by atomic mass is 10.1. The van der Waals surface area contributed by atoms with E-state index in [0.717, 1.165) is 21.7 Å². The monoisotopic (exact) mass is 330 g/mol. The van der Waals surface area contributed by atoms with Gasteiger partial charge in [0.1, 0.15) is 0 Å². The van der Waals surface area contributed by atoms with Crippen molar-refractivity contribution in [2.24, 2.45) is 0 Å². The van der Waals surface area contributed by atoms with Crippen LogP contribution in [0.25, 0.3) is 5.57 Å². The second kappa shape index (κ2) is 7.32. The first-order valence-electron chi connectivity index (χ1n) is 7.91. The molecule has 0 atom stereocenters. The fourth-order valence-corrected chi connectivity index (χ4v) is 4.76. The summed E-state index contributed by atoms with van der Waals surface area (Å²) in [5, 5.41) is 1.65. The lowest BCUT2D eigenvalue weighted by Crippen LogP contribution is -2.13. The van der Waals surface area contributed by atoms with Crippen LogP contribution < -0.4 is 10.6 Å². The molecular weight excluding hydrogens is 311 g/mol. The van der Waals surface area contributed by atoms with Gasteiger partial charge in [0.25, 0.3) is 0 Å². The van der Waals surface area contributed by atoms with Gasteiger partial charge in [0.2, 0.25) is 0 Å². The van der Waals surface area contributed by atoms with Crippen molar-refractivity contribution < 1.29 is 4.57 Å². The molecule has 0 spiro atoms. The van der Waals surface area contributed by atoms with Gasteiger partial charge in [-0.2, -0.15) is 0 Å². The van der Waals surface area contributed by atoms with Gasteiger partial charge < -0.3 is 4.57 Å². The summed E-state index contributed by atoms with van der Waals surface area (Å²) >= 11 is 0. The van der Waals surface area contributed by atoms with Crippen molar-refractivity contribution >= 4 is 23.3 Å². The molecule has 0 saturated heterocycles. The van der Waals surface area contributed by atoms with Crippen LogP contribution in [0.15, 0.2) is 103 Å². The minimum absolute atomic E-state index is 0.824. The molecule has 1 nitrogen and oxygen atoms in total. The highest BCUT2D eigenvalue weighted by Crippen LogP contribution is 2.44. The van der Waals surface area contributed by atoms with Gasteiger partial charge in [-0.05, 0) is 18.1 Å². The largest absolute Gasteiger partial charge is 0.309 e. The normalized spacial score (nSPS) is 10.7. The quantitative estimate of drug-likeness (QED) is 0.474. The average molecular weight is 330 g/mol. The minimum atomic E-state index is -2.86. The van der Waals surface area contributed by atoms with Gasteiger partial charge >= 0.3 is 0 Å². The Bertz CT molecular complexity index is 862. The Balaban J connectivity index is 2.14. The van der Waals surface area contributed by atoms with Crippen molar-refractivity contribution in [3.05, 3.63) is 108 Å². The summed E-state index contributed by atoms with van der Waals surface area (Å²) < 4.78 is 13.8. The molecule has 118 valence electrons. The summed E-state index contributed by atoms with van der Waals surface area (Å²) in [6.07, 6.45) is 0. The predicted molar refractivity (Wildman–Crippen MR) is 103 cm³/mol. The second-order valence-electron chi connectivity index (χ2n) is 5.59. The fourth-order valence-electron chi connectivity index (χ4n) is 2.56. The molecule has 3 rings (SSSR count). The van der Waals surface area contributed by atoms with Crippen LogP contribution in [-0.2, 0) is 4.57 Å². The number of rotatable bonds is 4. The van der Waals surface area contributed by atoms with Crippen LogP contribution in [0.3, 0.4) is 0 Å². The van der Waals surface area contributed by atoms with Crippen molar-refractivity contribution in [3.63, 3.8) is 0 Å². The molecule has 24 heavy (non-hydrogen) atoms. The molecule has 0 radical (unpaired) electrons. The first-order valence-corrected chi connectivity index (χ1v) is 9.68. The molecule has 0 amide bonds. The maximum absolute atomic E-state index is 13.8. The zero-order valence-electron chi connectivity index (χ0n) is 13.6. The van der Waals surface area contributed by atoms with Gasteiger partial charge in [0, 0.05) is 16.4 Å². The molecule has 0 unspecified atom stereocenters. The zero-order valence-corrected chi connectivity index (χ0v) is 14.5. The molecule has 0 N–H and O–H groups in total. The third-order valence-electron chi connectivity index (χ3n) is 3.95. The first kappa shape index (κ1) is 16.3. The summed E-state index contributed by atoms with van der Waals surface area (Å²) in [6.45, 7) is 1.99. The van der Waals surface area contributed by atoms with E-state index in [9.17, 15) is 4.57 Å². The van der Waals surface area contributed by atoms with Crippen molar-refractivity contribution in [2.45, 2.75) is 6.92 Å². The van der Waals surface area contributed by atoms with Gasteiger partial charge in [-0.3, -0.25) is 0 Å². The van der Waals surface area contributed by atoms with E-state index in [-0.39, 0.29) is 0 Å². The summed E-state index contributed by atoms with van der Waals surface area (Å²) in [5.41, 5.74) is 5.32. The van der Waals surface area contributed by atoms with Crippen LogP contribution in [0.2, 0.25) is 0 Å². The highest BCUT2D eigenvalue weighted by Gasteiger charge is 2.23. The molecule has 0 bridgehead atoms. The van der Waals surface area contributed by atoms with Gasteiger partial charge in [-0.15, -0.1) is 5.73 Å². The topological polar surface area (TPSA) is 17.1 Å². The molecule has 0 aliphatic carbocycles. The Hall–Kier alpha value is -2.59. The van der Waals surface area contributed by atoms with Crippen LogP contribution in [0.4, 0.5) is 0 Å². The Labute approximate surface area is 143 Å². The molecule has 0 heterocycles. The van der Waals surface area contributed by atoms with E-state index >= 15 is 0 Å². The van der Waals surface area contributed by atoms with E-state index in [0.29, 0.717) is 0 Å². The van der Waals surface area contributed by atoms with Crippen molar-refractivity contribution in [1.82, 2.24) is 0 Å². The highest BCUT2D eigenvalue weighted by atomic mass is 31.2. The van der Waals surface area contributed by atoms with E-state index in [2.05, 4.69) is 5.73 Å². The Morgan fingerprint density at radius 3 is 1.62 bits per heavy atom. The van der Waals surface area contributed by atoms with Crippen LogP contribution in [0.1, 0.15) is 12.5 Å². The molecular formula is C22H19OP. The average Bonchev–Trinajstić information content (AvgIpc) is 2.68. The van der Waals surface area contributed by atoms with Crippen LogP contribution in [0, 0.1) is 0 Å². The third-order valence-corrected chi connectivity index (χ3v) is 6.57. The van der Waals surface area contributed by atoms with E-state index in [4.69, 9.17) is 0 Å². The summed E-state index contributed by atoms with van der Waals surface area (Å²) in [4.78, 5) is 0. The minimum Gasteiger partial charge on any atom is -0.309 e. The zero-order chi connectivity index (χ0) is 16.8. The summed E-state index contributed by atoms with van der Waals surface area (Å²) in [7, 11) is -2.86. The molecule has 3 aromatic carbocycles. The van der Waals surface area contributed by atoms with E-state index in [1.807, 2.05) is 97.9 Å². The maximum Gasteiger partial charge on any atom is 0.171 e. The Morgan fingerprint density at radius 1 is 0.750 bits per heavy atom. The molecule has 0 aromatic heterocycles. The number of allylic oxidation sites excluding steroid dienone is 1. The van der Waals surface area contributed by atoms with Gasteiger partial charge in [0.15, 0.2) is 7.14 Å². The van der Waals surface area contributed by atoms with E-state index in [1.54, 1.807) is 5.82 Å². The highest BCUT2D eigenvalue weighted by molar-refractivity contribution is 7.81. The standard InChI is InChI=1S/C22H19OP/c1-19(20-11-5-2-6-12-20)17-18-24(23,21-13-7-3-8-14-21)22-15-9-4-10-16-22/h2-16,18H,1H3. The molecule has 0 aliphatic heterocycles. The number of hydrogen-bond donors (Lipinski definition) is 0. The van der Waals surface area contributed by atoms with E-state index in [1.165, 1.54) is 0 Å². The Kier molecular flexibility index (Phi) is 4.96. The van der Waals surface area contributed by atoms with Crippen molar-refractivity contribution in [2.75, 3.05) is 0 Å². The maximum atomic E-state index is 13.8. The van der Waals surface area contributed by atoms with Crippen LogP contribution >= 0.6 is 7.14 Å². The number of hydrogen-bond acceptors (Lipinski definition) is 1. The molecule has 0 fully saturated rings. The lowest BCUT2D eigenvalue weighted by molar-refractivity contribution is 0.592.